The van der Waals surface area contributed by atoms with E-state index in [0.29, 0.717) is 19.0 Å². The summed E-state index contributed by atoms with van der Waals surface area (Å²) >= 11 is 0. The second kappa shape index (κ2) is 11.8. The number of hydrogen-bond donors (Lipinski definition) is 1. The number of aliphatic imine (C=N–C) groups is 1. The van der Waals surface area contributed by atoms with E-state index in [1.807, 2.05) is 46.8 Å². The van der Waals surface area contributed by atoms with Gasteiger partial charge in [0.25, 0.3) is 6.02 Å². The lowest BCUT2D eigenvalue weighted by Gasteiger charge is -2.30. The maximum absolute atomic E-state index is 14.7. The molecule has 2 atom stereocenters. The van der Waals surface area contributed by atoms with Crippen molar-refractivity contribution in [3.05, 3.63) is 47.8 Å². The summed E-state index contributed by atoms with van der Waals surface area (Å²) in [5.41, 5.74) is 8.37. The third-order valence-corrected chi connectivity index (χ3v) is 4.61. The zero-order chi connectivity index (χ0) is 23.7. The topological polar surface area (TPSA) is 79.0 Å². The number of halogens is 2. The Morgan fingerprint density at radius 2 is 1.97 bits per heavy atom. The molecule has 2 heterocycles. The predicted octanol–water partition coefficient (Wildman–Crippen LogP) is 5.30. The van der Waals surface area contributed by atoms with Gasteiger partial charge in [-0.25, -0.2) is 13.8 Å². The number of nitrogens with zero attached hydrogens (tertiary/aromatic N) is 2. The smallest absolute Gasteiger partial charge is 0.307 e. The van der Waals surface area contributed by atoms with Crippen LogP contribution in [0.4, 0.5) is 8.78 Å². The summed E-state index contributed by atoms with van der Waals surface area (Å²) in [6.45, 7) is 9.89. The van der Waals surface area contributed by atoms with Crippen molar-refractivity contribution in [2.75, 3.05) is 19.8 Å². The Hall–Kier alpha value is -2.74. The van der Waals surface area contributed by atoms with Crippen molar-refractivity contribution in [3.63, 3.8) is 0 Å². The molecule has 1 aliphatic rings. The summed E-state index contributed by atoms with van der Waals surface area (Å²) in [6.07, 6.45) is 3.99. The van der Waals surface area contributed by atoms with Gasteiger partial charge in [-0.05, 0) is 49.6 Å². The number of benzene rings is 1. The molecule has 3 rings (SSSR count). The van der Waals surface area contributed by atoms with Crippen LogP contribution in [0.1, 0.15) is 51.3 Å². The van der Waals surface area contributed by atoms with E-state index < -0.39 is 18.6 Å². The average Bonchev–Trinajstić information content (AvgIpc) is 2.77. The van der Waals surface area contributed by atoms with Gasteiger partial charge in [0.1, 0.15) is 11.9 Å². The van der Waals surface area contributed by atoms with Crippen LogP contribution in [-0.2, 0) is 9.47 Å². The van der Waals surface area contributed by atoms with Gasteiger partial charge in [-0.1, -0.05) is 26.8 Å². The van der Waals surface area contributed by atoms with E-state index in [2.05, 4.69) is 9.98 Å². The predicted molar refractivity (Wildman–Crippen MR) is 122 cm³/mol. The van der Waals surface area contributed by atoms with E-state index in [9.17, 15) is 8.78 Å². The van der Waals surface area contributed by atoms with Crippen molar-refractivity contribution in [3.8, 4) is 16.9 Å². The zero-order valence-electron chi connectivity index (χ0n) is 19.4. The molecule has 32 heavy (non-hydrogen) atoms. The summed E-state index contributed by atoms with van der Waals surface area (Å²) in [4.78, 5) is 8.09. The Balaban J connectivity index is 0.00000176. The van der Waals surface area contributed by atoms with Gasteiger partial charge in [0.05, 0.1) is 6.61 Å². The Bertz CT molecular complexity index is 906. The molecule has 2 unspecified atom stereocenters. The van der Waals surface area contributed by atoms with Crippen molar-refractivity contribution in [2.45, 2.75) is 59.1 Å². The summed E-state index contributed by atoms with van der Waals surface area (Å²) in [5.74, 6) is -2.91. The third kappa shape index (κ3) is 6.63. The molecule has 176 valence electrons. The van der Waals surface area contributed by atoms with Crippen LogP contribution in [0.5, 0.6) is 5.75 Å². The molecule has 0 amide bonds. The molecule has 2 N–H and O–H groups in total. The number of ether oxygens (including phenoxy) is 3. The van der Waals surface area contributed by atoms with Crippen molar-refractivity contribution in [2.24, 2.45) is 10.7 Å². The van der Waals surface area contributed by atoms with Crippen LogP contribution in [0.15, 0.2) is 41.7 Å². The number of rotatable bonds is 8. The minimum Gasteiger partial charge on any atom is -0.488 e. The molecule has 0 spiro atoms. The molecule has 6 nitrogen and oxygen atoms in total. The fourth-order valence-corrected chi connectivity index (χ4v) is 3.21. The highest BCUT2D eigenvalue weighted by atomic mass is 19.3. The molecule has 0 fully saturated rings. The number of aromatic nitrogens is 1. The van der Waals surface area contributed by atoms with Crippen LogP contribution < -0.4 is 10.5 Å². The Labute approximate surface area is 188 Å². The maximum atomic E-state index is 14.7. The standard InChI is InChI=1S/C22H27F2N3O3.C2H6/c1-4-7-28-12-15(3)30-19-6-5-16(17-8-14(2)10-26-11-17)9-18(19)20-22(23,24)13-29-21(25)27-20;1-2/h5-6,8-11,15,20H,4,7,12-13H2,1-3H3,(H2,25,27);1-2H3. The van der Waals surface area contributed by atoms with Crippen LogP contribution in [-0.4, -0.2) is 42.9 Å². The first-order valence-corrected chi connectivity index (χ1v) is 10.9. The lowest BCUT2D eigenvalue weighted by Crippen LogP contribution is -2.39. The summed E-state index contributed by atoms with van der Waals surface area (Å²) in [6, 6.07) is 5.32. The number of alkyl halides is 2. The molecule has 0 bridgehead atoms. The first kappa shape index (κ1) is 25.5. The quantitative estimate of drug-likeness (QED) is 0.554. The van der Waals surface area contributed by atoms with E-state index in [4.69, 9.17) is 19.9 Å². The highest BCUT2D eigenvalue weighted by Gasteiger charge is 2.46. The summed E-state index contributed by atoms with van der Waals surface area (Å²) < 4.78 is 45.7. The number of nitrogens with two attached hydrogens (primary N) is 1. The number of pyridine rings is 1. The van der Waals surface area contributed by atoms with E-state index in [-0.39, 0.29) is 17.7 Å². The van der Waals surface area contributed by atoms with E-state index in [1.165, 1.54) is 0 Å². The summed E-state index contributed by atoms with van der Waals surface area (Å²) in [5, 5.41) is 0. The lowest BCUT2D eigenvalue weighted by molar-refractivity contribution is -0.0788. The van der Waals surface area contributed by atoms with E-state index in [0.717, 1.165) is 23.1 Å². The Kier molecular flexibility index (Phi) is 9.38. The molecule has 0 aliphatic carbocycles. The number of hydrogen-bond acceptors (Lipinski definition) is 6. The molecule has 8 heteroatoms. The second-order valence-corrected chi connectivity index (χ2v) is 7.43. The molecular weight excluding hydrogens is 416 g/mol. The molecule has 0 radical (unpaired) electrons. The highest BCUT2D eigenvalue weighted by Crippen LogP contribution is 2.43. The largest absolute Gasteiger partial charge is 0.488 e. The van der Waals surface area contributed by atoms with Crippen molar-refractivity contribution < 1.29 is 23.0 Å². The van der Waals surface area contributed by atoms with Gasteiger partial charge in [0.15, 0.2) is 12.6 Å². The molecule has 1 aromatic carbocycles. The molecule has 1 aliphatic heterocycles. The number of aryl methyl sites for hydroxylation is 1. The van der Waals surface area contributed by atoms with Crippen molar-refractivity contribution in [1.29, 1.82) is 0 Å². The molecule has 0 saturated heterocycles. The zero-order valence-corrected chi connectivity index (χ0v) is 19.4. The van der Waals surface area contributed by atoms with Crippen LogP contribution in [0.3, 0.4) is 0 Å². The Morgan fingerprint density at radius 3 is 2.66 bits per heavy atom. The minimum atomic E-state index is -3.23. The van der Waals surface area contributed by atoms with Gasteiger partial charge in [-0.3, -0.25) is 4.98 Å². The molecule has 2 aromatic rings. The minimum absolute atomic E-state index is 0.243. The average molecular weight is 450 g/mol. The van der Waals surface area contributed by atoms with Gasteiger partial charge in [0.2, 0.25) is 0 Å². The van der Waals surface area contributed by atoms with Crippen LogP contribution in [0.25, 0.3) is 11.1 Å². The van der Waals surface area contributed by atoms with Gasteiger partial charge in [0, 0.05) is 30.1 Å². The Morgan fingerprint density at radius 1 is 1.22 bits per heavy atom. The highest BCUT2D eigenvalue weighted by molar-refractivity contribution is 5.73. The van der Waals surface area contributed by atoms with Gasteiger partial charge < -0.3 is 19.9 Å². The molecular formula is C24H33F2N3O3. The second-order valence-electron chi connectivity index (χ2n) is 7.43. The first-order chi connectivity index (χ1) is 15.3. The third-order valence-electron chi connectivity index (χ3n) is 4.61. The van der Waals surface area contributed by atoms with Gasteiger partial charge in [-0.15, -0.1) is 0 Å². The van der Waals surface area contributed by atoms with Crippen LogP contribution in [0, 0.1) is 6.92 Å². The van der Waals surface area contributed by atoms with Gasteiger partial charge >= 0.3 is 5.92 Å². The van der Waals surface area contributed by atoms with E-state index >= 15 is 0 Å². The lowest BCUT2D eigenvalue weighted by atomic mass is 9.95. The van der Waals surface area contributed by atoms with Crippen LogP contribution in [0.2, 0.25) is 0 Å². The normalized spacial score (nSPS) is 18.0. The monoisotopic (exact) mass is 449 g/mol. The van der Waals surface area contributed by atoms with E-state index in [1.54, 1.807) is 24.5 Å². The maximum Gasteiger partial charge on any atom is 0.307 e. The molecule has 1 aromatic heterocycles. The SMILES string of the molecule is CC.CCCOCC(C)Oc1ccc(-c2cncc(C)c2)cc1C1N=C(N)OCC1(F)F. The fourth-order valence-electron chi connectivity index (χ4n) is 3.21. The fraction of sp³-hybridized carbons (Fsp3) is 0.500. The van der Waals surface area contributed by atoms with Crippen LogP contribution >= 0.6 is 0 Å². The summed E-state index contributed by atoms with van der Waals surface area (Å²) in [7, 11) is 0. The van der Waals surface area contributed by atoms with Gasteiger partial charge in [-0.2, -0.15) is 0 Å². The van der Waals surface area contributed by atoms with Crippen molar-refractivity contribution >= 4 is 6.02 Å². The van der Waals surface area contributed by atoms with Crippen molar-refractivity contribution in [1.82, 2.24) is 4.98 Å². The first-order valence-electron chi connectivity index (χ1n) is 10.9. The molecule has 0 saturated carbocycles. The number of amidine groups is 1.